The Hall–Kier alpha value is -1.55. The Kier molecular flexibility index (Phi) is 3.33. The lowest BCUT2D eigenvalue weighted by Gasteiger charge is -2.23. The molecule has 0 saturated heterocycles. The summed E-state index contributed by atoms with van der Waals surface area (Å²) in [6, 6.07) is 6.43. The molecule has 0 bridgehead atoms. The molecule has 0 fully saturated rings. The van der Waals surface area contributed by atoms with Gasteiger partial charge in [0.15, 0.2) is 6.61 Å². The van der Waals surface area contributed by atoms with Gasteiger partial charge in [-0.15, -0.1) is 0 Å². The third-order valence-corrected chi connectivity index (χ3v) is 2.99. The van der Waals surface area contributed by atoms with E-state index < -0.39 is 0 Å². The Bertz CT molecular complexity index is 429. The number of nitrogens with one attached hydrogen (secondary N) is 1. The second-order valence-electron chi connectivity index (χ2n) is 4.68. The Morgan fingerprint density at radius 2 is 2.24 bits per heavy atom. The van der Waals surface area contributed by atoms with E-state index in [4.69, 9.17) is 4.74 Å². The smallest absolute Gasteiger partial charge is 0.262 e. The molecule has 0 spiro atoms. The number of carbonyl (C=O) groups excluding carboxylic acids is 1. The van der Waals surface area contributed by atoms with Crippen LogP contribution in [0.4, 0.5) is 5.69 Å². The summed E-state index contributed by atoms with van der Waals surface area (Å²) in [5.41, 5.74) is 1.95. The fraction of sp³-hybridized carbons (Fsp3) is 0.462. The largest absolute Gasteiger partial charge is 0.482 e. The molecule has 1 amide bonds. The topological polar surface area (TPSA) is 41.6 Å². The van der Waals surface area contributed by atoms with Gasteiger partial charge in [0, 0.05) is 12.6 Å². The van der Waals surface area contributed by atoms with Crippen LogP contribution in [0.15, 0.2) is 18.2 Å². The molecule has 0 saturated carbocycles. The van der Waals surface area contributed by atoms with E-state index in [2.05, 4.69) is 31.1 Å². The lowest BCUT2D eigenvalue weighted by Crippen LogP contribution is -2.27. The molecule has 2 rings (SSSR count). The summed E-state index contributed by atoms with van der Waals surface area (Å²) < 4.78 is 5.32. The first kappa shape index (κ1) is 11.9. The quantitative estimate of drug-likeness (QED) is 0.868. The van der Waals surface area contributed by atoms with Crippen molar-refractivity contribution in [3.63, 3.8) is 0 Å². The van der Waals surface area contributed by atoms with Gasteiger partial charge in [-0.05, 0) is 38.6 Å². The number of hydrogen-bond donors (Lipinski definition) is 1. The molecule has 1 N–H and O–H groups in total. The minimum Gasteiger partial charge on any atom is -0.482 e. The van der Waals surface area contributed by atoms with Gasteiger partial charge in [-0.1, -0.05) is 6.07 Å². The van der Waals surface area contributed by atoms with E-state index >= 15 is 0 Å². The van der Waals surface area contributed by atoms with Crippen LogP contribution in [0, 0.1) is 0 Å². The molecular weight excluding hydrogens is 216 g/mol. The molecule has 1 aromatic rings. The van der Waals surface area contributed by atoms with Gasteiger partial charge in [0.05, 0.1) is 5.69 Å². The van der Waals surface area contributed by atoms with Crippen molar-refractivity contribution in [1.29, 1.82) is 0 Å². The maximum Gasteiger partial charge on any atom is 0.262 e. The third kappa shape index (κ3) is 2.77. The van der Waals surface area contributed by atoms with Crippen LogP contribution in [-0.2, 0) is 11.3 Å². The van der Waals surface area contributed by atoms with Crippen molar-refractivity contribution in [3.8, 4) is 5.75 Å². The van der Waals surface area contributed by atoms with Crippen LogP contribution in [-0.4, -0.2) is 30.5 Å². The molecule has 0 unspecified atom stereocenters. The van der Waals surface area contributed by atoms with E-state index in [1.807, 2.05) is 18.2 Å². The van der Waals surface area contributed by atoms with Gasteiger partial charge >= 0.3 is 0 Å². The highest BCUT2D eigenvalue weighted by Crippen LogP contribution is 2.28. The zero-order valence-corrected chi connectivity index (χ0v) is 10.5. The van der Waals surface area contributed by atoms with E-state index in [9.17, 15) is 4.79 Å². The average molecular weight is 234 g/mol. The maximum atomic E-state index is 11.2. The minimum absolute atomic E-state index is 0.0909. The van der Waals surface area contributed by atoms with Crippen LogP contribution in [0.25, 0.3) is 0 Å². The lowest BCUT2D eigenvalue weighted by molar-refractivity contribution is -0.118. The summed E-state index contributed by atoms with van der Waals surface area (Å²) in [6.45, 7) is 5.28. The fourth-order valence-corrected chi connectivity index (χ4v) is 1.70. The SMILES string of the molecule is CC(C)N(C)Cc1ccc2c(c1)NC(=O)CO2. The third-order valence-electron chi connectivity index (χ3n) is 2.99. The second kappa shape index (κ2) is 4.75. The predicted octanol–water partition coefficient (Wildman–Crippen LogP) is 1.86. The normalized spacial score (nSPS) is 14.5. The number of nitrogens with zero attached hydrogens (tertiary/aromatic N) is 1. The molecule has 1 heterocycles. The minimum atomic E-state index is -0.0909. The molecule has 0 radical (unpaired) electrons. The molecule has 1 aliphatic heterocycles. The number of anilines is 1. The van der Waals surface area contributed by atoms with Crippen LogP contribution in [0.2, 0.25) is 0 Å². The molecule has 0 aliphatic carbocycles. The molecule has 0 atom stereocenters. The van der Waals surface area contributed by atoms with Crippen molar-refractivity contribution in [1.82, 2.24) is 4.90 Å². The van der Waals surface area contributed by atoms with Crippen LogP contribution >= 0.6 is 0 Å². The highest BCUT2D eigenvalue weighted by Gasteiger charge is 2.16. The van der Waals surface area contributed by atoms with Crippen molar-refractivity contribution in [2.45, 2.75) is 26.4 Å². The Labute approximate surface area is 102 Å². The Morgan fingerprint density at radius 3 is 2.94 bits per heavy atom. The molecule has 17 heavy (non-hydrogen) atoms. The molecule has 92 valence electrons. The van der Waals surface area contributed by atoms with Crippen LogP contribution in [0.3, 0.4) is 0 Å². The van der Waals surface area contributed by atoms with Crippen molar-refractivity contribution in [2.24, 2.45) is 0 Å². The number of amides is 1. The predicted molar refractivity (Wildman–Crippen MR) is 67.2 cm³/mol. The summed E-state index contributed by atoms with van der Waals surface area (Å²) >= 11 is 0. The first-order valence-electron chi connectivity index (χ1n) is 5.82. The molecule has 1 aromatic carbocycles. The van der Waals surface area contributed by atoms with Crippen molar-refractivity contribution >= 4 is 11.6 Å². The number of carbonyl (C=O) groups is 1. The average Bonchev–Trinajstić information content (AvgIpc) is 2.28. The maximum absolute atomic E-state index is 11.2. The van der Waals surface area contributed by atoms with Gasteiger partial charge in [-0.3, -0.25) is 9.69 Å². The second-order valence-corrected chi connectivity index (χ2v) is 4.68. The first-order chi connectivity index (χ1) is 8.06. The van der Waals surface area contributed by atoms with Crippen LogP contribution in [0.5, 0.6) is 5.75 Å². The number of hydrogen-bond acceptors (Lipinski definition) is 3. The zero-order chi connectivity index (χ0) is 12.4. The zero-order valence-electron chi connectivity index (χ0n) is 10.5. The Balaban J connectivity index is 2.15. The number of fused-ring (bicyclic) bond motifs is 1. The standard InChI is InChI=1S/C13H18N2O2/c1-9(2)15(3)7-10-4-5-12-11(6-10)14-13(16)8-17-12/h4-6,9H,7-8H2,1-3H3,(H,14,16). The van der Waals surface area contributed by atoms with Crippen LogP contribution < -0.4 is 10.1 Å². The van der Waals surface area contributed by atoms with Crippen molar-refractivity contribution in [3.05, 3.63) is 23.8 Å². The number of benzene rings is 1. The summed E-state index contributed by atoms with van der Waals surface area (Å²) in [5, 5.41) is 2.82. The lowest BCUT2D eigenvalue weighted by atomic mass is 10.1. The van der Waals surface area contributed by atoms with Gasteiger partial charge < -0.3 is 10.1 Å². The Morgan fingerprint density at radius 1 is 1.47 bits per heavy atom. The monoisotopic (exact) mass is 234 g/mol. The fourth-order valence-electron chi connectivity index (χ4n) is 1.70. The van der Waals surface area contributed by atoms with Crippen molar-refractivity contribution < 1.29 is 9.53 Å². The molecule has 4 heteroatoms. The molecule has 0 aromatic heterocycles. The summed E-state index contributed by atoms with van der Waals surface area (Å²) in [6.07, 6.45) is 0. The van der Waals surface area contributed by atoms with E-state index in [1.54, 1.807) is 0 Å². The molecular formula is C13H18N2O2. The van der Waals surface area contributed by atoms with E-state index in [-0.39, 0.29) is 12.5 Å². The van der Waals surface area contributed by atoms with E-state index in [0.29, 0.717) is 6.04 Å². The van der Waals surface area contributed by atoms with Gasteiger partial charge in [0.2, 0.25) is 0 Å². The highest BCUT2D eigenvalue weighted by molar-refractivity contribution is 5.95. The molecule has 1 aliphatic rings. The van der Waals surface area contributed by atoms with Gasteiger partial charge in [0.1, 0.15) is 5.75 Å². The number of ether oxygens (including phenoxy) is 1. The molecule has 4 nitrogen and oxygen atoms in total. The first-order valence-corrected chi connectivity index (χ1v) is 5.82. The summed E-state index contributed by atoms with van der Waals surface area (Å²) in [4.78, 5) is 13.5. The van der Waals surface area contributed by atoms with Crippen molar-refractivity contribution in [2.75, 3.05) is 19.0 Å². The van der Waals surface area contributed by atoms with E-state index in [0.717, 1.165) is 18.0 Å². The summed E-state index contributed by atoms with van der Waals surface area (Å²) in [7, 11) is 2.08. The van der Waals surface area contributed by atoms with Gasteiger partial charge in [0.25, 0.3) is 5.91 Å². The van der Waals surface area contributed by atoms with Gasteiger partial charge in [-0.2, -0.15) is 0 Å². The van der Waals surface area contributed by atoms with E-state index in [1.165, 1.54) is 5.56 Å². The summed E-state index contributed by atoms with van der Waals surface area (Å²) in [5.74, 6) is 0.660. The van der Waals surface area contributed by atoms with Crippen LogP contribution in [0.1, 0.15) is 19.4 Å². The van der Waals surface area contributed by atoms with Gasteiger partial charge in [-0.25, -0.2) is 0 Å². The number of rotatable bonds is 3. The highest BCUT2D eigenvalue weighted by atomic mass is 16.5.